The maximum atomic E-state index is 12.4. The number of phosphoric ester groups is 1. The first kappa shape index (κ1) is 21.0. The van der Waals surface area contributed by atoms with Crippen molar-refractivity contribution < 1.29 is 33.1 Å². The van der Waals surface area contributed by atoms with Crippen molar-refractivity contribution in [2.24, 2.45) is 20.7 Å². The molecule has 2 saturated heterocycles. The van der Waals surface area contributed by atoms with Crippen molar-refractivity contribution in [1.82, 2.24) is 4.90 Å². The molecule has 6 atom stereocenters. The lowest BCUT2D eigenvalue weighted by Crippen LogP contribution is -2.51. The van der Waals surface area contributed by atoms with Crippen LogP contribution in [0.2, 0.25) is 5.02 Å². The van der Waals surface area contributed by atoms with Gasteiger partial charge in [-0.05, 0) is 24.3 Å². The zero-order valence-electron chi connectivity index (χ0n) is 15.4. The zero-order valence-corrected chi connectivity index (χ0v) is 17.9. The molecule has 1 aromatic rings. The Bertz CT molecular complexity index is 1080. The highest BCUT2D eigenvalue weighted by atomic mass is 35.5. The van der Waals surface area contributed by atoms with Gasteiger partial charge in [-0.3, -0.25) is 18.7 Å². The van der Waals surface area contributed by atoms with E-state index >= 15 is 0 Å². The smallest absolute Gasteiger partial charge is 0.386 e. The summed E-state index contributed by atoms with van der Waals surface area (Å²) in [7, 11) is -4.31. The fraction of sp³-hybridized carbons (Fsp3) is 0.375. The molecule has 0 bridgehead atoms. The first-order chi connectivity index (χ1) is 14.7. The highest BCUT2D eigenvalue weighted by molar-refractivity contribution is 8.13. The molecule has 12 nitrogen and oxygen atoms in total. The SMILES string of the molecule is NC1=NC(=O)C2N=C(Sc3ccc(Cl)cc3)N(C3OC4COP(=O)(O)OC4C3O)C2=N1. The van der Waals surface area contributed by atoms with Crippen LogP contribution in [0.15, 0.2) is 44.1 Å². The third kappa shape index (κ3) is 3.81. The van der Waals surface area contributed by atoms with Gasteiger partial charge in [-0.1, -0.05) is 23.4 Å². The van der Waals surface area contributed by atoms with Gasteiger partial charge in [-0.15, -0.1) is 0 Å². The van der Waals surface area contributed by atoms with Gasteiger partial charge in [0, 0.05) is 9.92 Å². The van der Waals surface area contributed by atoms with Crippen molar-refractivity contribution >= 4 is 54.1 Å². The molecule has 4 N–H and O–H groups in total. The molecule has 2 fully saturated rings. The van der Waals surface area contributed by atoms with Crippen molar-refractivity contribution in [1.29, 1.82) is 0 Å². The quantitative estimate of drug-likeness (QED) is 0.494. The van der Waals surface area contributed by atoms with E-state index < -0.39 is 44.3 Å². The Morgan fingerprint density at radius 2 is 2.03 bits per heavy atom. The lowest BCUT2D eigenvalue weighted by atomic mass is 10.1. The third-order valence-electron chi connectivity index (χ3n) is 4.87. The van der Waals surface area contributed by atoms with E-state index in [-0.39, 0.29) is 18.4 Å². The number of nitrogens with zero attached hydrogens (tertiary/aromatic N) is 4. The summed E-state index contributed by atoms with van der Waals surface area (Å²) in [4.78, 5) is 36.4. The number of hydrogen-bond acceptors (Lipinski definition) is 11. The number of hydrogen-bond donors (Lipinski definition) is 3. The number of aliphatic hydroxyl groups is 1. The van der Waals surface area contributed by atoms with Gasteiger partial charge in [0.05, 0.1) is 6.61 Å². The largest absolute Gasteiger partial charge is 0.472 e. The first-order valence-corrected chi connectivity index (χ1v) is 11.7. The summed E-state index contributed by atoms with van der Waals surface area (Å²) in [6, 6.07) is 5.85. The average Bonchev–Trinajstić information content (AvgIpc) is 3.20. The van der Waals surface area contributed by atoms with Gasteiger partial charge in [-0.2, -0.15) is 9.98 Å². The molecule has 4 aliphatic heterocycles. The number of halogens is 1. The molecule has 0 radical (unpaired) electrons. The number of aliphatic imine (C=N–C) groups is 3. The van der Waals surface area contributed by atoms with Gasteiger partial charge < -0.3 is 20.5 Å². The Labute approximate surface area is 184 Å². The summed E-state index contributed by atoms with van der Waals surface area (Å²) in [5, 5.41) is 11.7. The average molecular weight is 488 g/mol. The predicted molar refractivity (Wildman–Crippen MR) is 110 cm³/mol. The number of rotatable bonds is 2. The van der Waals surface area contributed by atoms with Crippen molar-refractivity contribution in [3.63, 3.8) is 0 Å². The van der Waals surface area contributed by atoms with Gasteiger partial charge >= 0.3 is 7.82 Å². The van der Waals surface area contributed by atoms with Crippen molar-refractivity contribution in [2.75, 3.05) is 6.61 Å². The van der Waals surface area contributed by atoms with E-state index in [1.165, 1.54) is 16.7 Å². The van der Waals surface area contributed by atoms with Crippen LogP contribution in [0.5, 0.6) is 0 Å². The van der Waals surface area contributed by atoms with E-state index in [1.54, 1.807) is 24.3 Å². The lowest BCUT2D eigenvalue weighted by Gasteiger charge is -2.30. The second-order valence-corrected chi connectivity index (χ2v) is 9.79. The molecule has 1 amide bonds. The maximum absolute atomic E-state index is 12.4. The number of aliphatic hydroxyl groups excluding tert-OH is 1. The van der Waals surface area contributed by atoms with E-state index in [9.17, 15) is 19.4 Å². The van der Waals surface area contributed by atoms with Crippen LogP contribution in [-0.4, -0.2) is 75.0 Å². The van der Waals surface area contributed by atoms with Crippen LogP contribution in [0.25, 0.3) is 0 Å². The summed E-state index contributed by atoms with van der Waals surface area (Å²) < 4.78 is 27.4. The lowest BCUT2D eigenvalue weighted by molar-refractivity contribution is -0.117. The van der Waals surface area contributed by atoms with Gasteiger partial charge in [0.1, 0.15) is 18.3 Å². The summed E-state index contributed by atoms with van der Waals surface area (Å²) >= 11 is 7.13. The standard InChI is InChI=1S/C16H15ClN5O7PS/c17-6-1-3-7(4-2-6)31-16-19-9-12(20-15(18)21-13(9)24)22(16)14-10(23)11-8(28-14)5-27-30(25,26)29-11/h1-4,8-11,14,23H,5H2,(H,25,26)(H2,18,21,24). The van der Waals surface area contributed by atoms with Gasteiger partial charge in [0.15, 0.2) is 23.3 Å². The molecule has 4 heterocycles. The summed E-state index contributed by atoms with van der Waals surface area (Å²) in [6.45, 7) is -0.255. The molecule has 0 aromatic heterocycles. The Morgan fingerprint density at radius 1 is 1.29 bits per heavy atom. The molecule has 31 heavy (non-hydrogen) atoms. The van der Waals surface area contributed by atoms with Crippen LogP contribution in [0.4, 0.5) is 0 Å². The number of ether oxygens (including phenoxy) is 1. The topological polar surface area (TPSA) is 169 Å². The summed E-state index contributed by atoms with van der Waals surface area (Å²) in [6.07, 6.45) is -4.44. The molecule has 15 heteroatoms. The minimum absolute atomic E-state index is 0.129. The second-order valence-electron chi connectivity index (χ2n) is 6.91. The van der Waals surface area contributed by atoms with E-state index in [4.69, 9.17) is 31.1 Å². The number of amides is 1. The van der Waals surface area contributed by atoms with Crippen LogP contribution < -0.4 is 5.73 Å². The van der Waals surface area contributed by atoms with E-state index in [2.05, 4.69) is 15.0 Å². The molecule has 6 unspecified atom stereocenters. The zero-order chi connectivity index (χ0) is 21.9. The monoisotopic (exact) mass is 487 g/mol. The number of nitrogens with two attached hydrogens (primary N) is 1. The molecule has 4 aliphatic rings. The van der Waals surface area contributed by atoms with Crippen LogP contribution in [0, 0.1) is 0 Å². The first-order valence-electron chi connectivity index (χ1n) is 8.98. The van der Waals surface area contributed by atoms with Crippen LogP contribution in [-0.2, 0) is 23.1 Å². The molecular weight excluding hydrogens is 473 g/mol. The molecule has 0 spiro atoms. The number of carbonyl (C=O) groups excluding carboxylic acids is 1. The highest BCUT2D eigenvalue weighted by Crippen LogP contribution is 2.52. The molecule has 0 saturated carbocycles. The van der Waals surface area contributed by atoms with E-state index in [1.807, 2.05) is 0 Å². The Hall–Kier alpha value is -1.83. The Balaban J connectivity index is 1.50. The number of benzene rings is 1. The Kier molecular flexibility index (Phi) is 5.19. The van der Waals surface area contributed by atoms with Gasteiger partial charge in [0.25, 0.3) is 5.91 Å². The number of fused-ring (bicyclic) bond motifs is 2. The second kappa shape index (κ2) is 7.64. The van der Waals surface area contributed by atoms with E-state index in [0.29, 0.717) is 10.2 Å². The number of thioether (sulfide) groups is 1. The van der Waals surface area contributed by atoms with E-state index in [0.717, 1.165) is 4.90 Å². The fourth-order valence-corrected chi connectivity index (χ4v) is 5.56. The van der Waals surface area contributed by atoms with Crippen LogP contribution >= 0.6 is 31.2 Å². The fourth-order valence-electron chi connectivity index (χ4n) is 3.53. The number of carbonyl (C=O) groups is 1. The molecule has 1 aromatic carbocycles. The molecular formula is C16H15ClN5O7PS. The summed E-state index contributed by atoms with van der Waals surface area (Å²) in [5.74, 6) is -0.730. The van der Waals surface area contributed by atoms with Gasteiger partial charge in [-0.25, -0.2) is 9.56 Å². The number of guanidine groups is 1. The number of phosphoric acid groups is 1. The summed E-state index contributed by atoms with van der Waals surface area (Å²) in [5.41, 5.74) is 5.67. The number of amidine groups is 2. The predicted octanol–water partition coefficient (Wildman–Crippen LogP) is 0.327. The van der Waals surface area contributed by atoms with Gasteiger partial charge in [0.2, 0.25) is 5.96 Å². The van der Waals surface area contributed by atoms with Crippen molar-refractivity contribution in [2.45, 2.75) is 35.5 Å². The Morgan fingerprint density at radius 3 is 2.77 bits per heavy atom. The van der Waals surface area contributed by atoms with Crippen LogP contribution in [0.3, 0.4) is 0 Å². The minimum Gasteiger partial charge on any atom is -0.386 e. The third-order valence-corrected chi connectivity index (χ3v) is 7.10. The molecule has 164 valence electrons. The minimum atomic E-state index is -4.31. The molecule has 0 aliphatic carbocycles. The van der Waals surface area contributed by atoms with Crippen molar-refractivity contribution in [3.8, 4) is 0 Å². The maximum Gasteiger partial charge on any atom is 0.472 e. The normalized spacial score (nSPS) is 37.1. The highest BCUT2D eigenvalue weighted by Gasteiger charge is 2.56. The van der Waals surface area contributed by atoms with Crippen LogP contribution in [0.1, 0.15) is 0 Å². The molecule has 5 rings (SSSR count). The van der Waals surface area contributed by atoms with Crippen molar-refractivity contribution in [3.05, 3.63) is 29.3 Å².